The van der Waals surface area contributed by atoms with E-state index in [2.05, 4.69) is 20.6 Å². The Labute approximate surface area is 120 Å². The van der Waals surface area contributed by atoms with E-state index in [-0.39, 0.29) is 11.5 Å². The molecule has 2 heterocycles. The number of anilines is 2. The molecule has 0 saturated carbocycles. The van der Waals surface area contributed by atoms with Crippen LogP contribution in [0.1, 0.15) is 16.1 Å². The number of nitrogens with zero attached hydrogens (tertiary/aromatic N) is 3. The molecule has 0 aliphatic rings. The minimum atomic E-state index is -0.460. The number of aromatic nitrogens is 2. The van der Waals surface area contributed by atoms with Crippen LogP contribution in [0.2, 0.25) is 0 Å². The molecule has 0 spiro atoms. The summed E-state index contributed by atoms with van der Waals surface area (Å²) >= 11 is 1.61. The van der Waals surface area contributed by atoms with Crippen LogP contribution in [-0.2, 0) is 6.54 Å². The van der Waals surface area contributed by atoms with Crippen molar-refractivity contribution in [2.45, 2.75) is 20.4 Å². The summed E-state index contributed by atoms with van der Waals surface area (Å²) in [6.07, 6.45) is 0. The molecule has 2 aromatic heterocycles. The van der Waals surface area contributed by atoms with Gasteiger partial charge < -0.3 is 10.6 Å². The fourth-order valence-electron chi connectivity index (χ4n) is 1.77. The molecule has 0 radical (unpaired) electrons. The third-order valence-electron chi connectivity index (χ3n) is 2.85. The fraction of sp³-hybridized carbons (Fsp3) is 0.333. The van der Waals surface area contributed by atoms with E-state index in [0.29, 0.717) is 18.2 Å². The van der Waals surface area contributed by atoms with Crippen molar-refractivity contribution in [3.8, 4) is 0 Å². The lowest BCUT2D eigenvalue weighted by Crippen LogP contribution is -2.09. The highest BCUT2D eigenvalue weighted by Gasteiger charge is 2.21. The van der Waals surface area contributed by atoms with E-state index in [1.54, 1.807) is 25.3 Å². The Kier molecular flexibility index (Phi) is 4.14. The van der Waals surface area contributed by atoms with Gasteiger partial charge in [-0.3, -0.25) is 10.1 Å². The molecule has 20 heavy (non-hydrogen) atoms. The van der Waals surface area contributed by atoms with Gasteiger partial charge in [0, 0.05) is 11.9 Å². The smallest absolute Gasteiger partial charge is 0.332 e. The zero-order valence-electron chi connectivity index (χ0n) is 11.4. The summed E-state index contributed by atoms with van der Waals surface area (Å²) in [7, 11) is 1.67. The van der Waals surface area contributed by atoms with Gasteiger partial charge in [-0.15, -0.1) is 11.3 Å². The average molecular weight is 293 g/mol. The topological polar surface area (TPSA) is 93.0 Å². The van der Waals surface area contributed by atoms with Crippen LogP contribution in [0.5, 0.6) is 0 Å². The van der Waals surface area contributed by atoms with Crippen LogP contribution >= 0.6 is 11.3 Å². The van der Waals surface area contributed by atoms with Crippen molar-refractivity contribution in [1.29, 1.82) is 0 Å². The Morgan fingerprint density at radius 2 is 2.15 bits per heavy atom. The highest BCUT2D eigenvalue weighted by Crippen LogP contribution is 2.27. The Bertz CT molecular complexity index is 641. The van der Waals surface area contributed by atoms with Crippen LogP contribution < -0.4 is 10.6 Å². The third kappa shape index (κ3) is 2.85. The lowest BCUT2D eigenvalue weighted by atomic mass is 10.3. The molecular weight excluding hydrogens is 278 g/mol. The lowest BCUT2D eigenvalue weighted by Gasteiger charge is -2.09. The molecule has 0 aliphatic heterocycles. The second-order valence-electron chi connectivity index (χ2n) is 4.22. The van der Waals surface area contributed by atoms with Crippen molar-refractivity contribution >= 4 is 28.8 Å². The number of aryl methyl sites for hydroxylation is 2. The van der Waals surface area contributed by atoms with Crippen LogP contribution in [0.25, 0.3) is 0 Å². The minimum absolute atomic E-state index is 0.0850. The summed E-state index contributed by atoms with van der Waals surface area (Å²) in [5.41, 5.74) is 1.41. The maximum absolute atomic E-state index is 11.1. The van der Waals surface area contributed by atoms with E-state index in [4.69, 9.17) is 0 Å². The Hall–Kier alpha value is -2.22. The zero-order chi connectivity index (χ0) is 14.7. The van der Waals surface area contributed by atoms with Crippen molar-refractivity contribution in [2.24, 2.45) is 0 Å². The van der Waals surface area contributed by atoms with Crippen molar-refractivity contribution in [1.82, 2.24) is 9.97 Å². The molecule has 8 heteroatoms. The van der Waals surface area contributed by atoms with Gasteiger partial charge in [-0.25, -0.2) is 4.98 Å². The molecule has 0 saturated heterocycles. The number of rotatable bonds is 5. The van der Waals surface area contributed by atoms with E-state index in [1.165, 1.54) is 0 Å². The SMILES string of the molecule is CNc1nc(C)c([N+](=O)[O-])c(NCc2sccc2C)n1. The number of nitrogens with one attached hydrogen (secondary N) is 2. The van der Waals surface area contributed by atoms with E-state index in [0.717, 1.165) is 10.4 Å². The van der Waals surface area contributed by atoms with Crippen LogP contribution in [-0.4, -0.2) is 21.9 Å². The molecule has 7 nitrogen and oxygen atoms in total. The first-order valence-electron chi connectivity index (χ1n) is 6.00. The Morgan fingerprint density at radius 1 is 1.40 bits per heavy atom. The standard InChI is InChI=1S/C12H15N5O2S/c1-7-4-5-20-9(7)6-14-11-10(17(18)19)8(2)15-12(13-3)16-11/h4-5H,6H2,1-3H3,(H2,13,14,15,16). The highest BCUT2D eigenvalue weighted by atomic mass is 32.1. The quantitative estimate of drug-likeness (QED) is 0.650. The largest absolute Gasteiger partial charge is 0.359 e. The molecule has 0 fully saturated rings. The van der Waals surface area contributed by atoms with Gasteiger partial charge in [0.2, 0.25) is 11.8 Å². The van der Waals surface area contributed by atoms with Crippen LogP contribution in [0.15, 0.2) is 11.4 Å². The molecule has 0 aliphatic carbocycles. The zero-order valence-corrected chi connectivity index (χ0v) is 12.2. The predicted octanol–water partition coefficient (Wildman–Crippen LogP) is 2.72. The van der Waals surface area contributed by atoms with Gasteiger partial charge in [-0.2, -0.15) is 4.98 Å². The first-order chi connectivity index (χ1) is 9.52. The van der Waals surface area contributed by atoms with Gasteiger partial charge in [-0.05, 0) is 30.9 Å². The maximum atomic E-state index is 11.1. The Balaban J connectivity index is 2.31. The second-order valence-corrected chi connectivity index (χ2v) is 5.22. The summed E-state index contributed by atoms with van der Waals surface area (Å²) in [4.78, 5) is 20.0. The molecular formula is C12H15N5O2S. The minimum Gasteiger partial charge on any atom is -0.359 e. The second kappa shape index (κ2) is 5.83. The summed E-state index contributed by atoms with van der Waals surface area (Å²) in [5, 5.41) is 19.0. The molecule has 0 amide bonds. The molecule has 2 rings (SSSR count). The van der Waals surface area contributed by atoms with Gasteiger partial charge >= 0.3 is 5.69 Å². The van der Waals surface area contributed by atoms with E-state index in [1.807, 2.05) is 18.4 Å². The molecule has 0 atom stereocenters. The monoisotopic (exact) mass is 293 g/mol. The average Bonchev–Trinajstić information content (AvgIpc) is 2.80. The van der Waals surface area contributed by atoms with Gasteiger partial charge in [0.15, 0.2) is 0 Å². The van der Waals surface area contributed by atoms with E-state index in [9.17, 15) is 10.1 Å². The molecule has 2 N–H and O–H groups in total. The first kappa shape index (κ1) is 14.2. The summed E-state index contributed by atoms with van der Waals surface area (Å²) < 4.78 is 0. The van der Waals surface area contributed by atoms with Crippen molar-refractivity contribution in [2.75, 3.05) is 17.7 Å². The molecule has 106 valence electrons. The molecule has 2 aromatic rings. The van der Waals surface area contributed by atoms with Crippen molar-refractivity contribution in [3.05, 3.63) is 37.7 Å². The van der Waals surface area contributed by atoms with Gasteiger partial charge in [0.1, 0.15) is 5.69 Å². The fourth-order valence-corrected chi connectivity index (χ4v) is 2.62. The van der Waals surface area contributed by atoms with Crippen molar-refractivity contribution < 1.29 is 4.92 Å². The third-order valence-corrected chi connectivity index (χ3v) is 3.87. The number of hydrogen-bond acceptors (Lipinski definition) is 7. The normalized spacial score (nSPS) is 10.3. The number of thiophene rings is 1. The van der Waals surface area contributed by atoms with Gasteiger partial charge in [-0.1, -0.05) is 0 Å². The summed E-state index contributed by atoms with van der Waals surface area (Å²) in [6, 6.07) is 2.01. The summed E-state index contributed by atoms with van der Waals surface area (Å²) in [5.74, 6) is 0.596. The maximum Gasteiger partial charge on any atom is 0.332 e. The number of hydrogen-bond donors (Lipinski definition) is 2. The van der Waals surface area contributed by atoms with E-state index >= 15 is 0 Å². The van der Waals surface area contributed by atoms with Gasteiger partial charge in [0.25, 0.3) is 0 Å². The van der Waals surface area contributed by atoms with Gasteiger partial charge in [0.05, 0.1) is 11.5 Å². The van der Waals surface area contributed by atoms with Crippen LogP contribution in [0.4, 0.5) is 17.5 Å². The number of nitro groups is 1. The summed E-state index contributed by atoms with van der Waals surface area (Å²) in [6.45, 7) is 4.11. The lowest BCUT2D eigenvalue weighted by molar-refractivity contribution is -0.385. The first-order valence-corrected chi connectivity index (χ1v) is 6.88. The van der Waals surface area contributed by atoms with E-state index < -0.39 is 4.92 Å². The highest BCUT2D eigenvalue weighted by molar-refractivity contribution is 7.10. The molecule has 0 bridgehead atoms. The predicted molar refractivity (Wildman–Crippen MR) is 79.4 cm³/mol. The molecule has 0 unspecified atom stereocenters. The van der Waals surface area contributed by atoms with Crippen LogP contribution in [0.3, 0.4) is 0 Å². The Morgan fingerprint density at radius 3 is 2.70 bits per heavy atom. The molecule has 0 aromatic carbocycles. The van der Waals surface area contributed by atoms with Crippen molar-refractivity contribution in [3.63, 3.8) is 0 Å². The van der Waals surface area contributed by atoms with Crippen LogP contribution in [0, 0.1) is 24.0 Å².